The highest BCUT2D eigenvalue weighted by Crippen LogP contribution is 2.50. The van der Waals surface area contributed by atoms with Crippen molar-refractivity contribution >= 4 is 27.5 Å². The predicted molar refractivity (Wildman–Crippen MR) is 96.6 cm³/mol. The summed E-state index contributed by atoms with van der Waals surface area (Å²) in [5, 5.41) is 0. The van der Waals surface area contributed by atoms with Crippen LogP contribution < -0.4 is 4.74 Å². The summed E-state index contributed by atoms with van der Waals surface area (Å²) in [6.45, 7) is 8.65. The van der Waals surface area contributed by atoms with Gasteiger partial charge in [-0.1, -0.05) is 22.0 Å². The fourth-order valence-corrected chi connectivity index (χ4v) is 4.12. The minimum atomic E-state index is 0.0572. The van der Waals surface area contributed by atoms with Gasteiger partial charge in [0, 0.05) is 35.4 Å². The summed E-state index contributed by atoms with van der Waals surface area (Å²) in [5.74, 6) is 0.837. The Labute approximate surface area is 154 Å². The molecule has 1 aliphatic carbocycles. The SMILES string of the molecule is [C-]#[N+]c1ccc(OC2CC3(C2)CN(C(=O)c2cccnc2)C3)cc1Br. The van der Waals surface area contributed by atoms with Crippen LogP contribution in [0.15, 0.2) is 47.2 Å². The zero-order valence-corrected chi connectivity index (χ0v) is 15.1. The van der Waals surface area contributed by atoms with Crippen molar-refractivity contribution in [2.75, 3.05) is 13.1 Å². The average molecular weight is 398 g/mol. The van der Waals surface area contributed by atoms with Gasteiger partial charge in [-0.05, 0) is 37.1 Å². The number of aromatic nitrogens is 1. The molecule has 2 heterocycles. The van der Waals surface area contributed by atoms with E-state index in [-0.39, 0.29) is 17.4 Å². The van der Waals surface area contributed by atoms with Gasteiger partial charge in [0.15, 0.2) is 0 Å². The molecule has 1 aromatic heterocycles. The Balaban J connectivity index is 1.30. The third-order valence-corrected chi connectivity index (χ3v) is 5.55. The molecule has 0 unspecified atom stereocenters. The summed E-state index contributed by atoms with van der Waals surface area (Å²) in [7, 11) is 0. The van der Waals surface area contributed by atoms with Crippen LogP contribution in [-0.4, -0.2) is 35.0 Å². The van der Waals surface area contributed by atoms with Crippen LogP contribution in [0, 0.1) is 12.0 Å². The summed E-state index contributed by atoms with van der Waals surface area (Å²) in [4.78, 5) is 21.7. The van der Waals surface area contributed by atoms with Crippen molar-refractivity contribution in [3.8, 4) is 5.75 Å². The van der Waals surface area contributed by atoms with Crippen LogP contribution in [0.5, 0.6) is 5.75 Å². The molecule has 2 aromatic rings. The number of pyridine rings is 1. The maximum absolute atomic E-state index is 12.4. The standard InChI is InChI=1S/C19H16BrN3O2/c1-21-17-5-4-14(7-16(17)20)25-15-8-19(9-15)11-23(12-19)18(24)13-3-2-6-22-10-13/h2-7,10,15H,8-9,11-12H2. The fraction of sp³-hybridized carbons (Fsp3) is 0.316. The van der Waals surface area contributed by atoms with Gasteiger partial charge in [0.05, 0.1) is 12.1 Å². The molecule has 1 saturated carbocycles. The topological polar surface area (TPSA) is 46.8 Å². The quantitative estimate of drug-likeness (QED) is 0.733. The number of benzene rings is 1. The number of amides is 1. The molecule has 6 heteroatoms. The Morgan fingerprint density at radius 1 is 1.36 bits per heavy atom. The lowest BCUT2D eigenvalue weighted by molar-refractivity contribution is -0.103. The van der Waals surface area contributed by atoms with Crippen molar-refractivity contribution in [2.24, 2.45) is 5.41 Å². The second-order valence-corrected chi connectivity index (χ2v) is 7.63. The average Bonchev–Trinajstić information content (AvgIpc) is 2.56. The van der Waals surface area contributed by atoms with Crippen molar-refractivity contribution in [3.63, 3.8) is 0 Å². The largest absolute Gasteiger partial charge is 0.490 e. The molecule has 2 aliphatic rings. The van der Waals surface area contributed by atoms with E-state index in [1.54, 1.807) is 30.6 Å². The van der Waals surface area contributed by atoms with E-state index < -0.39 is 0 Å². The first-order valence-corrected chi connectivity index (χ1v) is 8.91. The lowest BCUT2D eigenvalue weighted by atomic mass is 9.61. The molecule has 4 rings (SSSR count). The lowest BCUT2D eigenvalue weighted by Crippen LogP contribution is -2.65. The molecular weight excluding hydrogens is 382 g/mol. The first kappa shape index (κ1) is 16.1. The molecule has 1 amide bonds. The molecule has 1 spiro atoms. The van der Waals surface area contributed by atoms with Crippen molar-refractivity contribution in [1.29, 1.82) is 0 Å². The summed E-state index contributed by atoms with van der Waals surface area (Å²) in [5.41, 5.74) is 1.45. The highest BCUT2D eigenvalue weighted by molar-refractivity contribution is 9.10. The van der Waals surface area contributed by atoms with Crippen LogP contribution in [-0.2, 0) is 0 Å². The molecule has 0 atom stereocenters. The molecule has 5 nitrogen and oxygen atoms in total. The van der Waals surface area contributed by atoms with Gasteiger partial charge in [-0.2, -0.15) is 0 Å². The highest BCUT2D eigenvalue weighted by Gasteiger charge is 2.54. The van der Waals surface area contributed by atoms with Crippen molar-refractivity contribution in [3.05, 3.63) is 64.2 Å². The number of rotatable bonds is 3. The number of nitrogens with zero attached hydrogens (tertiary/aromatic N) is 3. The van der Waals surface area contributed by atoms with Gasteiger partial charge in [-0.25, -0.2) is 4.85 Å². The van der Waals surface area contributed by atoms with E-state index in [4.69, 9.17) is 11.3 Å². The number of carbonyl (C=O) groups excluding carboxylic acids is 1. The summed E-state index contributed by atoms with van der Waals surface area (Å²) >= 11 is 3.39. The highest BCUT2D eigenvalue weighted by atomic mass is 79.9. The molecule has 1 aliphatic heterocycles. The Hall–Kier alpha value is -2.39. The second kappa shape index (κ2) is 6.16. The van der Waals surface area contributed by atoms with Gasteiger partial charge < -0.3 is 9.64 Å². The molecule has 0 N–H and O–H groups in total. The Kier molecular flexibility index (Phi) is 3.97. The Bertz CT molecular complexity index is 849. The van der Waals surface area contributed by atoms with Crippen molar-refractivity contribution < 1.29 is 9.53 Å². The third kappa shape index (κ3) is 3.00. The van der Waals surface area contributed by atoms with Crippen molar-refractivity contribution in [1.82, 2.24) is 9.88 Å². The van der Waals surface area contributed by atoms with Gasteiger partial charge in [-0.15, -0.1) is 0 Å². The number of ether oxygens (including phenoxy) is 1. The Morgan fingerprint density at radius 3 is 2.80 bits per heavy atom. The van der Waals surface area contributed by atoms with Crippen LogP contribution in [0.25, 0.3) is 4.85 Å². The number of carbonyl (C=O) groups is 1. The monoisotopic (exact) mass is 397 g/mol. The zero-order chi connectivity index (χ0) is 17.4. The molecule has 25 heavy (non-hydrogen) atoms. The van der Waals surface area contributed by atoms with E-state index in [1.807, 2.05) is 17.0 Å². The van der Waals surface area contributed by atoms with Gasteiger partial charge >= 0.3 is 0 Å². The zero-order valence-electron chi connectivity index (χ0n) is 13.5. The minimum absolute atomic E-state index is 0.0572. The van der Waals surface area contributed by atoms with Crippen LogP contribution in [0.3, 0.4) is 0 Å². The summed E-state index contributed by atoms with van der Waals surface area (Å²) < 4.78 is 6.75. The van der Waals surface area contributed by atoms with E-state index in [2.05, 4.69) is 25.8 Å². The van der Waals surface area contributed by atoms with Crippen LogP contribution >= 0.6 is 15.9 Å². The minimum Gasteiger partial charge on any atom is -0.490 e. The van der Waals surface area contributed by atoms with Crippen LogP contribution in [0.2, 0.25) is 0 Å². The molecule has 0 radical (unpaired) electrons. The lowest BCUT2D eigenvalue weighted by Gasteiger charge is -2.58. The third-order valence-electron chi connectivity index (χ3n) is 4.91. The second-order valence-electron chi connectivity index (χ2n) is 6.78. The molecule has 0 bridgehead atoms. The van der Waals surface area contributed by atoms with Crippen molar-refractivity contribution in [2.45, 2.75) is 18.9 Å². The molecule has 1 saturated heterocycles. The van der Waals surface area contributed by atoms with Gasteiger partial charge in [-0.3, -0.25) is 9.78 Å². The number of hydrogen-bond donors (Lipinski definition) is 0. The number of likely N-dealkylation sites (tertiary alicyclic amines) is 1. The maximum atomic E-state index is 12.4. The Morgan fingerprint density at radius 2 is 2.16 bits per heavy atom. The summed E-state index contributed by atoms with van der Waals surface area (Å²) in [6, 6.07) is 9.03. The van der Waals surface area contributed by atoms with Crippen LogP contribution in [0.4, 0.5) is 5.69 Å². The van der Waals surface area contributed by atoms with E-state index >= 15 is 0 Å². The first-order valence-electron chi connectivity index (χ1n) is 8.12. The van der Waals surface area contributed by atoms with Gasteiger partial charge in [0.2, 0.25) is 5.69 Å². The fourth-order valence-electron chi connectivity index (χ4n) is 3.67. The van der Waals surface area contributed by atoms with Crippen LogP contribution in [0.1, 0.15) is 23.2 Å². The maximum Gasteiger partial charge on any atom is 0.255 e. The van der Waals surface area contributed by atoms with E-state index in [1.165, 1.54) is 0 Å². The van der Waals surface area contributed by atoms with E-state index in [9.17, 15) is 4.79 Å². The molecule has 126 valence electrons. The smallest absolute Gasteiger partial charge is 0.255 e. The van der Waals surface area contributed by atoms with E-state index in [0.717, 1.165) is 36.2 Å². The normalized spacial score (nSPS) is 18.2. The predicted octanol–water partition coefficient (Wildman–Crippen LogP) is 4.08. The van der Waals surface area contributed by atoms with E-state index in [0.29, 0.717) is 11.3 Å². The van der Waals surface area contributed by atoms with Gasteiger partial charge in [0.1, 0.15) is 11.9 Å². The first-order chi connectivity index (χ1) is 12.1. The molecular formula is C19H16BrN3O2. The number of hydrogen-bond acceptors (Lipinski definition) is 3. The molecule has 1 aromatic carbocycles. The molecule has 2 fully saturated rings. The number of halogens is 1. The summed E-state index contributed by atoms with van der Waals surface area (Å²) in [6.07, 6.45) is 5.40. The van der Waals surface area contributed by atoms with Gasteiger partial charge in [0.25, 0.3) is 5.91 Å².